The molecule has 4 nitrogen and oxygen atoms in total. The van der Waals surface area contributed by atoms with Crippen molar-refractivity contribution in [3.63, 3.8) is 0 Å². The Labute approximate surface area is 103 Å². The van der Waals surface area contributed by atoms with E-state index in [1.165, 1.54) is 0 Å². The van der Waals surface area contributed by atoms with Gasteiger partial charge in [-0.15, -0.1) is 0 Å². The third-order valence-corrected chi connectivity index (χ3v) is 3.03. The predicted octanol–water partition coefficient (Wildman–Crippen LogP) is 2.48. The van der Waals surface area contributed by atoms with Gasteiger partial charge in [0.05, 0.1) is 12.1 Å². The Morgan fingerprint density at radius 2 is 2.06 bits per heavy atom. The quantitative estimate of drug-likeness (QED) is 0.765. The van der Waals surface area contributed by atoms with Crippen LogP contribution in [0.3, 0.4) is 0 Å². The molecule has 17 heavy (non-hydrogen) atoms. The number of likely N-dealkylation sites (N-methyl/N-ethyl adjacent to an activating group) is 1. The molecule has 1 heterocycles. The monoisotopic (exact) mass is 238 g/mol. The van der Waals surface area contributed by atoms with E-state index in [2.05, 4.69) is 12.1 Å². The van der Waals surface area contributed by atoms with E-state index in [0.29, 0.717) is 6.42 Å². The first-order valence-corrected chi connectivity index (χ1v) is 6.29. The van der Waals surface area contributed by atoms with Crippen LogP contribution in [0.25, 0.3) is 0 Å². The molecule has 1 aromatic rings. The fraction of sp³-hybridized carbons (Fsp3) is 0.692. The summed E-state index contributed by atoms with van der Waals surface area (Å²) in [5.74, 6) is 0.915. The number of aromatic nitrogens is 1. The SMILES string of the molecule is CCCCN(CC)C(=O)Cc1c(C)noc1C. The van der Waals surface area contributed by atoms with E-state index in [1.54, 1.807) is 0 Å². The molecule has 1 aromatic heterocycles. The molecule has 0 aromatic carbocycles. The Morgan fingerprint density at radius 3 is 2.53 bits per heavy atom. The molecule has 0 unspecified atom stereocenters. The first-order valence-electron chi connectivity index (χ1n) is 6.29. The Hall–Kier alpha value is -1.32. The van der Waals surface area contributed by atoms with Crippen LogP contribution in [0.2, 0.25) is 0 Å². The van der Waals surface area contributed by atoms with Crippen molar-refractivity contribution in [2.45, 2.75) is 47.0 Å². The number of nitrogens with zero attached hydrogens (tertiary/aromatic N) is 2. The highest BCUT2D eigenvalue weighted by Gasteiger charge is 2.17. The average molecular weight is 238 g/mol. The summed E-state index contributed by atoms with van der Waals surface area (Å²) >= 11 is 0. The van der Waals surface area contributed by atoms with Gasteiger partial charge in [-0.2, -0.15) is 0 Å². The van der Waals surface area contributed by atoms with Crippen LogP contribution in [0, 0.1) is 13.8 Å². The fourth-order valence-electron chi connectivity index (χ4n) is 1.83. The maximum Gasteiger partial charge on any atom is 0.227 e. The minimum atomic E-state index is 0.162. The molecule has 0 spiro atoms. The molecule has 0 aliphatic heterocycles. The second kappa shape index (κ2) is 6.42. The van der Waals surface area contributed by atoms with Gasteiger partial charge in [0, 0.05) is 18.7 Å². The lowest BCUT2D eigenvalue weighted by Crippen LogP contribution is -2.33. The van der Waals surface area contributed by atoms with Gasteiger partial charge >= 0.3 is 0 Å². The lowest BCUT2D eigenvalue weighted by atomic mass is 10.1. The topological polar surface area (TPSA) is 46.3 Å². The summed E-state index contributed by atoms with van der Waals surface area (Å²) in [4.78, 5) is 14.0. The van der Waals surface area contributed by atoms with Gasteiger partial charge in [-0.1, -0.05) is 18.5 Å². The van der Waals surface area contributed by atoms with E-state index in [4.69, 9.17) is 4.52 Å². The van der Waals surface area contributed by atoms with E-state index in [1.807, 2.05) is 25.7 Å². The van der Waals surface area contributed by atoms with Crippen LogP contribution in [0.1, 0.15) is 43.7 Å². The summed E-state index contributed by atoms with van der Waals surface area (Å²) in [7, 11) is 0. The smallest absolute Gasteiger partial charge is 0.227 e. The number of hydrogen-bond donors (Lipinski definition) is 0. The van der Waals surface area contributed by atoms with Gasteiger partial charge in [0.2, 0.25) is 5.91 Å². The lowest BCUT2D eigenvalue weighted by molar-refractivity contribution is -0.130. The van der Waals surface area contributed by atoms with Gasteiger partial charge < -0.3 is 9.42 Å². The third kappa shape index (κ3) is 3.58. The summed E-state index contributed by atoms with van der Waals surface area (Å²) in [6, 6.07) is 0. The van der Waals surface area contributed by atoms with Gasteiger partial charge in [-0.25, -0.2) is 0 Å². The minimum Gasteiger partial charge on any atom is -0.361 e. The van der Waals surface area contributed by atoms with Crippen molar-refractivity contribution in [2.75, 3.05) is 13.1 Å². The van der Waals surface area contributed by atoms with Crippen molar-refractivity contribution in [2.24, 2.45) is 0 Å². The zero-order valence-electron chi connectivity index (χ0n) is 11.2. The molecule has 0 bridgehead atoms. The highest BCUT2D eigenvalue weighted by atomic mass is 16.5. The van der Waals surface area contributed by atoms with Crippen LogP contribution in [-0.2, 0) is 11.2 Å². The van der Waals surface area contributed by atoms with Crippen LogP contribution in [-0.4, -0.2) is 29.1 Å². The lowest BCUT2D eigenvalue weighted by Gasteiger charge is -2.20. The summed E-state index contributed by atoms with van der Waals surface area (Å²) in [5, 5.41) is 3.87. The van der Waals surface area contributed by atoms with Crippen LogP contribution in [0.15, 0.2) is 4.52 Å². The van der Waals surface area contributed by atoms with E-state index >= 15 is 0 Å². The van der Waals surface area contributed by atoms with Crippen LogP contribution in [0.5, 0.6) is 0 Å². The number of aryl methyl sites for hydroxylation is 2. The molecular formula is C13H22N2O2. The van der Waals surface area contributed by atoms with Gasteiger partial charge in [0.1, 0.15) is 5.76 Å². The highest BCUT2D eigenvalue weighted by molar-refractivity contribution is 5.79. The first-order chi connectivity index (χ1) is 8.10. The van der Waals surface area contributed by atoms with Gasteiger partial charge in [-0.05, 0) is 27.2 Å². The first kappa shape index (κ1) is 13.7. The van der Waals surface area contributed by atoms with Crippen molar-refractivity contribution < 1.29 is 9.32 Å². The molecule has 1 amide bonds. The van der Waals surface area contributed by atoms with Crippen molar-refractivity contribution in [3.05, 3.63) is 17.0 Å². The molecule has 0 saturated carbocycles. The van der Waals surface area contributed by atoms with Crippen molar-refractivity contribution in [1.29, 1.82) is 0 Å². The molecule has 0 radical (unpaired) electrons. The number of carbonyl (C=O) groups excluding carboxylic acids is 1. The normalized spacial score (nSPS) is 10.6. The maximum atomic E-state index is 12.1. The molecular weight excluding hydrogens is 216 g/mol. The number of carbonyl (C=O) groups is 1. The molecule has 0 aliphatic rings. The minimum absolute atomic E-state index is 0.162. The molecule has 0 saturated heterocycles. The molecule has 1 rings (SSSR count). The Kier molecular flexibility index (Phi) is 5.19. The molecule has 0 aliphatic carbocycles. The highest BCUT2D eigenvalue weighted by Crippen LogP contribution is 2.14. The fourth-order valence-corrected chi connectivity index (χ4v) is 1.83. The standard InChI is InChI=1S/C13H22N2O2/c1-5-7-8-15(6-2)13(16)9-12-10(3)14-17-11(12)4/h5-9H2,1-4H3. The van der Waals surface area contributed by atoms with E-state index < -0.39 is 0 Å². The van der Waals surface area contributed by atoms with Crippen LogP contribution in [0.4, 0.5) is 0 Å². The summed E-state index contributed by atoms with van der Waals surface area (Å²) in [5.41, 5.74) is 1.76. The molecule has 0 fully saturated rings. The largest absolute Gasteiger partial charge is 0.361 e. The third-order valence-electron chi connectivity index (χ3n) is 3.03. The summed E-state index contributed by atoms with van der Waals surface area (Å²) < 4.78 is 5.07. The Morgan fingerprint density at radius 1 is 1.35 bits per heavy atom. The molecule has 0 atom stereocenters. The molecule has 96 valence electrons. The second-order valence-corrected chi connectivity index (χ2v) is 4.31. The summed E-state index contributed by atoms with van der Waals surface area (Å²) in [6.07, 6.45) is 2.56. The zero-order chi connectivity index (χ0) is 12.8. The Bertz CT molecular complexity index is 352. The van der Waals surface area contributed by atoms with Crippen molar-refractivity contribution in [3.8, 4) is 0 Å². The number of rotatable bonds is 6. The second-order valence-electron chi connectivity index (χ2n) is 4.31. The Balaban J connectivity index is 2.64. The number of unbranched alkanes of at least 4 members (excludes halogenated alkanes) is 1. The van der Waals surface area contributed by atoms with Gasteiger partial charge in [-0.3, -0.25) is 4.79 Å². The predicted molar refractivity (Wildman–Crippen MR) is 66.8 cm³/mol. The molecule has 4 heteroatoms. The molecule has 0 N–H and O–H groups in total. The van der Waals surface area contributed by atoms with E-state index in [-0.39, 0.29) is 5.91 Å². The van der Waals surface area contributed by atoms with Gasteiger partial charge in [0.25, 0.3) is 0 Å². The van der Waals surface area contributed by atoms with E-state index in [0.717, 1.165) is 42.9 Å². The van der Waals surface area contributed by atoms with Crippen molar-refractivity contribution >= 4 is 5.91 Å². The number of hydrogen-bond acceptors (Lipinski definition) is 3. The van der Waals surface area contributed by atoms with E-state index in [9.17, 15) is 4.79 Å². The number of amides is 1. The average Bonchev–Trinajstić information content (AvgIpc) is 2.62. The summed E-state index contributed by atoms with van der Waals surface area (Å²) in [6.45, 7) is 9.48. The van der Waals surface area contributed by atoms with Crippen LogP contribution < -0.4 is 0 Å². The van der Waals surface area contributed by atoms with Crippen LogP contribution >= 0.6 is 0 Å². The van der Waals surface area contributed by atoms with Crippen molar-refractivity contribution in [1.82, 2.24) is 10.1 Å². The van der Waals surface area contributed by atoms with Gasteiger partial charge in [0.15, 0.2) is 0 Å². The maximum absolute atomic E-state index is 12.1. The zero-order valence-corrected chi connectivity index (χ0v) is 11.2.